The number of hydrogen-bond acceptors (Lipinski definition) is 3. The highest BCUT2D eigenvalue weighted by molar-refractivity contribution is 5.96. The maximum absolute atomic E-state index is 12.5. The summed E-state index contributed by atoms with van der Waals surface area (Å²) in [5, 5.41) is 6.44. The van der Waals surface area contributed by atoms with Gasteiger partial charge in [0.25, 0.3) is 5.91 Å². The SMILES string of the molecule is CCc1noc(C)c1C(=O)NCc1ccc(C(F)(F)F)cc1. The zero-order chi connectivity index (χ0) is 16.3. The molecule has 0 aliphatic carbocycles. The van der Waals surface area contributed by atoms with Gasteiger partial charge in [-0.3, -0.25) is 4.79 Å². The first-order valence-electron chi connectivity index (χ1n) is 6.72. The number of amides is 1. The molecule has 1 N–H and O–H groups in total. The van der Waals surface area contributed by atoms with Gasteiger partial charge in [0.2, 0.25) is 0 Å². The van der Waals surface area contributed by atoms with Gasteiger partial charge in [0.05, 0.1) is 11.3 Å². The molecule has 118 valence electrons. The van der Waals surface area contributed by atoms with Crippen molar-refractivity contribution in [3.05, 3.63) is 52.4 Å². The number of hydrogen-bond donors (Lipinski definition) is 1. The summed E-state index contributed by atoms with van der Waals surface area (Å²) in [5.74, 6) is 0.0669. The number of aryl methyl sites for hydroxylation is 2. The van der Waals surface area contributed by atoms with Crippen molar-refractivity contribution in [3.63, 3.8) is 0 Å². The van der Waals surface area contributed by atoms with Crippen LogP contribution < -0.4 is 5.32 Å². The monoisotopic (exact) mass is 312 g/mol. The first-order valence-corrected chi connectivity index (χ1v) is 6.72. The highest BCUT2D eigenvalue weighted by Crippen LogP contribution is 2.29. The minimum atomic E-state index is -4.36. The lowest BCUT2D eigenvalue weighted by Gasteiger charge is -2.08. The maximum atomic E-state index is 12.5. The van der Waals surface area contributed by atoms with E-state index in [4.69, 9.17) is 4.52 Å². The van der Waals surface area contributed by atoms with Crippen LogP contribution in [-0.4, -0.2) is 11.1 Å². The van der Waals surface area contributed by atoms with Crippen LogP contribution >= 0.6 is 0 Å². The van der Waals surface area contributed by atoms with E-state index in [-0.39, 0.29) is 12.5 Å². The molecular formula is C15H15F3N2O2. The van der Waals surface area contributed by atoms with Crippen molar-refractivity contribution in [2.24, 2.45) is 0 Å². The normalized spacial score (nSPS) is 11.5. The smallest absolute Gasteiger partial charge is 0.361 e. The topological polar surface area (TPSA) is 55.1 Å². The third-order valence-corrected chi connectivity index (χ3v) is 3.23. The quantitative estimate of drug-likeness (QED) is 0.940. The van der Waals surface area contributed by atoms with E-state index in [9.17, 15) is 18.0 Å². The lowest BCUT2D eigenvalue weighted by Crippen LogP contribution is -2.24. The average molecular weight is 312 g/mol. The number of aromatic nitrogens is 1. The highest BCUT2D eigenvalue weighted by Gasteiger charge is 2.29. The van der Waals surface area contributed by atoms with E-state index >= 15 is 0 Å². The van der Waals surface area contributed by atoms with Crippen LogP contribution in [0.15, 0.2) is 28.8 Å². The molecule has 0 saturated carbocycles. The third-order valence-electron chi connectivity index (χ3n) is 3.23. The summed E-state index contributed by atoms with van der Waals surface area (Å²) >= 11 is 0. The molecular weight excluding hydrogens is 297 g/mol. The fraction of sp³-hybridized carbons (Fsp3) is 0.333. The van der Waals surface area contributed by atoms with E-state index < -0.39 is 11.7 Å². The van der Waals surface area contributed by atoms with Crippen molar-refractivity contribution >= 4 is 5.91 Å². The summed E-state index contributed by atoms with van der Waals surface area (Å²) in [6.07, 6.45) is -3.81. The van der Waals surface area contributed by atoms with Crippen LogP contribution in [0.4, 0.5) is 13.2 Å². The summed E-state index contributed by atoms with van der Waals surface area (Å²) < 4.78 is 42.4. The maximum Gasteiger partial charge on any atom is 0.416 e. The van der Waals surface area contributed by atoms with E-state index in [2.05, 4.69) is 10.5 Å². The predicted molar refractivity (Wildman–Crippen MR) is 73.2 cm³/mol. The van der Waals surface area contributed by atoms with Gasteiger partial charge in [-0.1, -0.05) is 24.2 Å². The standard InChI is InChI=1S/C15H15F3N2O2/c1-3-12-13(9(2)22-20-12)14(21)19-8-10-4-6-11(7-5-10)15(16,17)18/h4-7H,3,8H2,1-2H3,(H,19,21). The molecule has 2 rings (SSSR count). The van der Waals surface area contributed by atoms with Crippen LogP contribution in [0.1, 0.15) is 39.9 Å². The molecule has 2 aromatic rings. The fourth-order valence-corrected chi connectivity index (χ4v) is 2.03. The summed E-state index contributed by atoms with van der Waals surface area (Å²) in [6.45, 7) is 3.62. The van der Waals surface area contributed by atoms with Crippen molar-refractivity contribution in [3.8, 4) is 0 Å². The minimum Gasteiger partial charge on any atom is -0.361 e. The Hall–Kier alpha value is -2.31. The number of benzene rings is 1. The van der Waals surface area contributed by atoms with Crippen molar-refractivity contribution in [1.29, 1.82) is 0 Å². The number of rotatable bonds is 4. The number of carbonyl (C=O) groups is 1. The molecule has 4 nitrogen and oxygen atoms in total. The van der Waals surface area contributed by atoms with Crippen molar-refractivity contribution < 1.29 is 22.5 Å². The lowest BCUT2D eigenvalue weighted by atomic mass is 10.1. The Morgan fingerprint density at radius 2 is 1.91 bits per heavy atom. The molecule has 0 atom stereocenters. The van der Waals surface area contributed by atoms with E-state index in [1.54, 1.807) is 6.92 Å². The molecule has 0 aliphatic rings. The predicted octanol–water partition coefficient (Wildman–Crippen LogP) is 3.49. The highest BCUT2D eigenvalue weighted by atomic mass is 19.4. The van der Waals surface area contributed by atoms with Crippen molar-refractivity contribution in [1.82, 2.24) is 10.5 Å². The van der Waals surface area contributed by atoms with Gasteiger partial charge in [0, 0.05) is 6.54 Å². The van der Waals surface area contributed by atoms with Crippen LogP contribution in [0.2, 0.25) is 0 Å². The largest absolute Gasteiger partial charge is 0.416 e. The zero-order valence-corrected chi connectivity index (χ0v) is 12.1. The van der Waals surface area contributed by atoms with Crippen molar-refractivity contribution in [2.45, 2.75) is 33.0 Å². The van der Waals surface area contributed by atoms with Crippen LogP contribution in [0, 0.1) is 6.92 Å². The Morgan fingerprint density at radius 3 is 2.45 bits per heavy atom. The number of carbonyl (C=O) groups excluding carboxylic acids is 1. The molecule has 7 heteroatoms. The van der Waals surface area contributed by atoms with E-state index in [0.717, 1.165) is 12.1 Å². The Bertz CT molecular complexity index is 660. The van der Waals surface area contributed by atoms with Gasteiger partial charge in [-0.05, 0) is 31.0 Å². The minimum absolute atomic E-state index is 0.130. The van der Waals surface area contributed by atoms with Gasteiger partial charge < -0.3 is 9.84 Å². The Labute approximate surface area is 125 Å². The molecule has 1 aromatic heterocycles. The van der Waals surface area contributed by atoms with Gasteiger partial charge in [0.1, 0.15) is 11.3 Å². The van der Waals surface area contributed by atoms with Crippen molar-refractivity contribution in [2.75, 3.05) is 0 Å². The van der Waals surface area contributed by atoms with Gasteiger partial charge in [-0.25, -0.2) is 0 Å². The fourth-order valence-electron chi connectivity index (χ4n) is 2.03. The van der Waals surface area contributed by atoms with E-state index in [0.29, 0.717) is 29.0 Å². The van der Waals surface area contributed by atoms with Gasteiger partial charge in [-0.2, -0.15) is 13.2 Å². The first-order chi connectivity index (χ1) is 10.3. The number of nitrogens with one attached hydrogen (secondary N) is 1. The third kappa shape index (κ3) is 3.47. The van der Waals surface area contributed by atoms with Crippen LogP contribution in [0.5, 0.6) is 0 Å². The molecule has 0 unspecified atom stereocenters. The number of nitrogens with zero attached hydrogens (tertiary/aromatic N) is 1. The van der Waals surface area contributed by atoms with Crippen LogP contribution in [0.3, 0.4) is 0 Å². The average Bonchev–Trinajstić information content (AvgIpc) is 2.85. The molecule has 0 fully saturated rings. The second-order valence-corrected chi connectivity index (χ2v) is 4.79. The molecule has 1 amide bonds. The van der Waals surface area contributed by atoms with Gasteiger partial charge in [-0.15, -0.1) is 0 Å². The number of alkyl halides is 3. The molecule has 0 radical (unpaired) electrons. The Balaban J connectivity index is 2.04. The molecule has 0 aliphatic heterocycles. The summed E-state index contributed by atoms with van der Waals surface area (Å²) in [7, 11) is 0. The Morgan fingerprint density at radius 1 is 1.27 bits per heavy atom. The Kier molecular flexibility index (Phi) is 4.54. The van der Waals surface area contributed by atoms with Crippen LogP contribution in [-0.2, 0) is 19.1 Å². The molecule has 22 heavy (non-hydrogen) atoms. The zero-order valence-electron chi connectivity index (χ0n) is 12.1. The second kappa shape index (κ2) is 6.21. The molecule has 0 spiro atoms. The number of halogens is 3. The van der Waals surface area contributed by atoms with Gasteiger partial charge in [0.15, 0.2) is 0 Å². The van der Waals surface area contributed by atoms with Gasteiger partial charge >= 0.3 is 6.18 Å². The first kappa shape index (κ1) is 16.1. The summed E-state index contributed by atoms with van der Waals surface area (Å²) in [4.78, 5) is 12.1. The summed E-state index contributed by atoms with van der Waals surface area (Å²) in [5.41, 5.74) is 0.802. The van der Waals surface area contributed by atoms with Crippen LogP contribution in [0.25, 0.3) is 0 Å². The summed E-state index contributed by atoms with van der Waals surface area (Å²) in [6, 6.07) is 4.65. The van der Waals surface area contributed by atoms with E-state index in [1.165, 1.54) is 12.1 Å². The molecule has 0 bridgehead atoms. The molecule has 1 heterocycles. The molecule has 0 saturated heterocycles. The molecule has 1 aromatic carbocycles. The second-order valence-electron chi connectivity index (χ2n) is 4.79. The van der Waals surface area contributed by atoms with E-state index in [1.807, 2.05) is 6.92 Å². The lowest BCUT2D eigenvalue weighted by molar-refractivity contribution is -0.137.